The third-order valence-corrected chi connectivity index (χ3v) is 2.14. The fourth-order valence-corrected chi connectivity index (χ4v) is 1.01. The van der Waals surface area contributed by atoms with Gasteiger partial charge in [-0.25, -0.2) is 8.99 Å². The average molecular weight is 296 g/mol. The van der Waals surface area contributed by atoms with Crippen LogP contribution in [0, 0.1) is 4.78 Å². The van der Waals surface area contributed by atoms with Gasteiger partial charge in [0, 0.05) is 0 Å². The molecule has 0 aliphatic carbocycles. The van der Waals surface area contributed by atoms with Crippen molar-refractivity contribution in [2.24, 2.45) is 4.40 Å². The predicted octanol–water partition coefficient (Wildman–Crippen LogP) is 3.03. The summed E-state index contributed by atoms with van der Waals surface area (Å²) in [6.07, 6.45) is -12.6. The molecule has 1 N–H and O–H groups in total. The van der Waals surface area contributed by atoms with Crippen LogP contribution in [-0.2, 0) is 9.92 Å². The van der Waals surface area contributed by atoms with Gasteiger partial charge in [0.05, 0.1) is 0 Å². The van der Waals surface area contributed by atoms with Gasteiger partial charge in [-0.15, -0.1) is 0 Å². The van der Waals surface area contributed by atoms with Crippen molar-refractivity contribution < 1.29 is 43.7 Å². The Labute approximate surface area is 87.4 Å². The summed E-state index contributed by atoms with van der Waals surface area (Å²) in [5.74, 6) is 0. The van der Waals surface area contributed by atoms with E-state index in [-0.39, 0.29) is 0 Å². The van der Waals surface area contributed by atoms with Gasteiger partial charge in [0.25, 0.3) is 0 Å². The van der Waals surface area contributed by atoms with Gasteiger partial charge in [-0.1, -0.05) is 0 Å². The summed E-state index contributed by atoms with van der Waals surface area (Å²) in [5, 5.41) is 0. The van der Waals surface area contributed by atoms with Gasteiger partial charge < -0.3 is 0 Å². The first-order valence-corrected chi connectivity index (χ1v) is 4.70. The van der Waals surface area contributed by atoms with Crippen LogP contribution >= 0.6 is 0 Å². The van der Waals surface area contributed by atoms with Crippen molar-refractivity contribution in [2.75, 3.05) is 0 Å². The van der Waals surface area contributed by atoms with Crippen LogP contribution in [0.3, 0.4) is 0 Å². The molecule has 13 heteroatoms. The summed E-state index contributed by atoms with van der Waals surface area (Å²) in [4.78, 5) is 0. The van der Waals surface area contributed by atoms with E-state index in [9.17, 15) is 43.7 Å². The van der Waals surface area contributed by atoms with Crippen LogP contribution in [0.5, 0.6) is 0 Å². The number of nitrogens with zero attached hydrogens (tertiary/aromatic N) is 1. The van der Waals surface area contributed by atoms with E-state index in [0.29, 0.717) is 0 Å². The van der Waals surface area contributed by atoms with Gasteiger partial charge in [-0.2, -0.15) is 43.9 Å². The minimum Gasteiger partial charge on any atom is -0.227 e. The smallest absolute Gasteiger partial charge is 0.227 e. The molecule has 0 aromatic rings. The number of halogens is 9. The van der Waals surface area contributed by atoms with Gasteiger partial charge in [0.1, 0.15) is 0 Å². The van der Waals surface area contributed by atoms with Crippen molar-refractivity contribution in [3.63, 3.8) is 0 Å². The van der Waals surface area contributed by atoms with Crippen LogP contribution in [0.2, 0.25) is 0 Å². The highest BCUT2D eigenvalue weighted by molar-refractivity contribution is 7.92. The lowest BCUT2D eigenvalue weighted by Crippen LogP contribution is -2.39. The molecule has 0 saturated carbocycles. The van der Waals surface area contributed by atoms with E-state index in [4.69, 9.17) is 4.78 Å². The lowest BCUT2D eigenvalue weighted by molar-refractivity contribution is -0.117. The van der Waals surface area contributed by atoms with Crippen molar-refractivity contribution >= 4 is 15.6 Å². The molecule has 0 rings (SSSR count). The molecule has 1 atom stereocenters. The molecule has 0 radical (unpaired) electrons. The maximum absolute atomic E-state index is 11.7. The van der Waals surface area contributed by atoms with Crippen LogP contribution in [-0.4, -0.2) is 27.8 Å². The summed E-state index contributed by atoms with van der Waals surface area (Å²) in [5.41, 5.74) is -10.0. The molecule has 0 aromatic heterocycles. The highest BCUT2D eigenvalue weighted by atomic mass is 32.2. The number of alkyl halides is 9. The molecule has 0 spiro atoms. The van der Waals surface area contributed by atoms with Gasteiger partial charge in [0.2, 0.25) is 15.6 Å². The fraction of sp³-hybridized carbons (Fsp3) is 0.750. The van der Waals surface area contributed by atoms with E-state index < -0.39 is 33.5 Å². The van der Waals surface area contributed by atoms with Gasteiger partial charge in [-0.3, -0.25) is 0 Å². The van der Waals surface area contributed by atoms with Crippen LogP contribution in [0.4, 0.5) is 39.5 Å². The SMILES string of the molecule is N=S(=O)(N=C(C(F)(F)F)C(F)(F)F)C(F)(F)F. The molecule has 0 aliphatic rings. The molecule has 0 amide bonds. The average Bonchev–Trinajstić information content (AvgIpc) is 1.93. The van der Waals surface area contributed by atoms with E-state index in [0.717, 1.165) is 4.40 Å². The van der Waals surface area contributed by atoms with E-state index in [1.165, 1.54) is 0 Å². The number of hydrogen-bond donors (Lipinski definition) is 1. The first-order chi connectivity index (χ1) is 7.09. The normalized spacial score (nSPS) is 17.5. The van der Waals surface area contributed by atoms with Crippen LogP contribution < -0.4 is 0 Å². The maximum Gasteiger partial charge on any atom is 0.499 e. The van der Waals surface area contributed by atoms with Crippen molar-refractivity contribution in [2.45, 2.75) is 17.9 Å². The Bertz CT molecular complexity index is 394. The number of rotatable bonds is 1. The summed E-state index contributed by atoms with van der Waals surface area (Å²) < 4.78 is 122. The molecule has 0 aromatic carbocycles. The zero-order valence-electron chi connectivity index (χ0n) is 7.17. The fourth-order valence-electron chi connectivity index (χ4n) is 0.445. The monoisotopic (exact) mass is 296 g/mol. The summed E-state index contributed by atoms with van der Waals surface area (Å²) in [7, 11) is -6.42. The summed E-state index contributed by atoms with van der Waals surface area (Å²) in [6, 6.07) is 0. The Morgan fingerprint density at radius 3 is 1.35 bits per heavy atom. The second kappa shape index (κ2) is 4.03. The van der Waals surface area contributed by atoms with E-state index in [2.05, 4.69) is 0 Å². The Kier molecular flexibility index (Phi) is 3.79. The van der Waals surface area contributed by atoms with Crippen molar-refractivity contribution in [3.05, 3.63) is 0 Å². The van der Waals surface area contributed by atoms with Crippen LogP contribution in [0.1, 0.15) is 0 Å². The van der Waals surface area contributed by atoms with Crippen LogP contribution in [0.15, 0.2) is 4.40 Å². The molecule has 0 fully saturated rings. The molecule has 3 nitrogen and oxygen atoms in total. The predicted molar refractivity (Wildman–Crippen MR) is 36.5 cm³/mol. The highest BCUT2D eigenvalue weighted by Gasteiger charge is 2.56. The molecule has 1 unspecified atom stereocenters. The second-order valence-electron chi connectivity index (χ2n) is 2.41. The molecule has 0 aliphatic heterocycles. The van der Waals surface area contributed by atoms with E-state index in [1.54, 1.807) is 0 Å². The lowest BCUT2D eigenvalue weighted by atomic mass is 10.4. The molecule has 0 heterocycles. The Hall–Kier alpha value is -1.01. The molecule has 0 bridgehead atoms. The lowest BCUT2D eigenvalue weighted by Gasteiger charge is -2.14. The summed E-state index contributed by atoms with van der Waals surface area (Å²) >= 11 is 0. The molecular weight excluding hydrogens is 295 g/mol. The third kappa shape index (κ3) is 4.05. The molecule has 102 valence electrons. The Morgan fingerprint density at radius 2 is 1.18 bits per heavy atom. The molecule has 17 heavy (non-hydrogen) atoms. The van der Waals surface area contributed by atoms with Crippen molar-refractivity contribution in [3.8, 4) is 0 Å². The van der Waals surface area contributed by atoms with Gasteiger partial charge >= 0.3 is 17.9 Å². The Balaban J connectivity index is 5.87. The number of nitrogens with one attached hydrogen (secondary N) is 1. The largest absolute Gasteiger partial charge is 0.499 e. The zero-order chi connectivity index (χ0) is 14.3. The first-order valence-electron chi connectivity index (χ1n) is 3.18. The van der Waals surface area contributed by atoms with Gasteiger partial charge in [0.15, 0.2) is 0 Å². The number of hydrogen-bond acceptors (Lipinski definition) is 2. The van der Waals surface area contributed by atoms with E-state index in [1.807, 2.05) is 0 Å². The maximum atomic E-state index is 11.7. The topological polar surface area (TPSA) is 53.3 Å². The van der Waals surface area contributed by atoms with Crippen molar-refractivity contribution in [1.82, 2.24) is 0 Å². The van der Waals surface area contributed by atoms with E-state index >= 15 is 0 Å². The summed E-state index contributed by atoms with van der Waals surface area (Å²) in [6.45, 7) is 0. The minimum atomic E-state index is -6.42. The quantitative estimate of drug-likeness (QED) is 0.587. The third-order valence-electron chi connectivity index (χ3n) is 1.07. The molecular formula is C4HF9N2OS. The minimum absolute atomic E-state index is 0.958. The van der Waals surface area contributed by atoms with Crippen LogP contribution in [0.25, 0.3) is 0 Å². The Morgan fingerprint density at radius 1 is 0.882 bits per heavy atom. The van der Waals surface area contributed by atoms with Gasteiger partial charge in [-0.05, 0) is 0 Å². The first kappa shape index (κ1) is 16.0. The highest BCUT2D eigenvalue weighted by Crippen LogP contribution is 2.34. The zero-order valence-corrected chi connectivity index (χ0v) is 7.98. The van der Waals surface area contributed by atoms with Crippen molar-refractivity contribution in [1.29, 1.82) is 4.78 Å². The second-order valence-corrected chi connectivity index (χ2v) is 4.10. The standard InChI is InChI=1S/C4HF9N2OS/c5-2(6,7)1(3(8,9)10)15-17(14,16)4(11,12)13/h14H. The molecule has 0 saturated heterocycles.